The Hall–Kier alpha value is -2.54. The van der Waals surface area contributed by atoms with E-state index < -0.39 is 16.6 Å². The third-order valence-electron chi connectivity index (χ3n) is 4.92. The number of hydrogen-bond donors (Lipinski definition) is 1. The summed E-state index contributed by atoms with van der Waals surface area (Å²) in [6.45, 7) is 10.3. The number of piperazine rings is 1. The van der Waals surface area contributed by atoms with Crippen LogP contribution in [0.1, 0.15) is 33.3 Å². The van der Waals surface area contributed by atoms with Gasteiger partial charge < -0.3 is 14.5 Å². The predicted molar refractivity (Wildman–Crippen MR) is 122 cm³/mol. The second kappa shape index (κ2) is 9.51. The SMILES string of the molecule is CCc1ccc(S(=O)Nc2ccccc2N2CCN(C(=O)OC(C)(C)C)CC2)cc1. The summed E-state index contributed by atoms with van der Waals surface area (Å²) in [5.41, 5.74) is 2.53. The highest BCUT2D eigenvalue weighted by Gasteiger charge is 2.26. The molecule has 0 spiro atoms. The second-order valence-corrected chi connectivity index (χ2v) is 9.55. The molecule has 1 fully saturated rings. The molecule has 162 valence electrons. The first-order valence-corrected chi connectivity index (χ1v) is 11.5. The average molecular weight is 430 g/mol. The first kappa shape index (κ1) is 22.2. The molecule has 1 atom stereocenters. The molecule has 0 radical (unpaired) electrons. The molecule has 1 N–H and O–H groups in total. The van der Waals surface area contributed by atoms with E-state index >= 15 is 0 Å². The lowest BCUT2D eigenvalue weighted by molar-refractivity contribution is 0.0240. The van der Waals surface area contributed by atoms with Crippen molar-refractivity contribution in [3.63, 3.8) is 0 Å². The van der Waals surface area contributed by atoms with Gasteiger partial charge in [-0.1, -0.05) is 31.2 Å². The molecule has 2 aromatic rings. The number of para-hydroxylation sites is 2. The second-order valence-electron chi connectivity index (χ2n) is 8.34. The maximum atomic E-state index is 12.8. The van der Waals surface area contributed by atoms with Gasteiger partial charge in [-0.3, -0.25) is 4.72 Å². The van der Waals surface area contributed by atoms with Gasteiger partial charge in [-0.15, -0.1) is 0 Å². The zero-order valence-electron chi connectivity index (χ0n) is 18.2. The monoisotopic (exact) mass is 429 g/mol. The fraction of sp³-hybridized carbons (Fsp3) is 0.435. The van der Waals surface area contributed by atoms with Crippen molar-refractivity contribution in [2.45, 2.75) is 44.6 Å². The number of hydrogen-bond acceptors (Lipinski definition) is 4. The van der Waals surface area contributed by atoms with Gasteiger partial charge in [0, 0.05) is 26.2 Å². The van der Waals surface area contributed by atoms with Crippen LogP contribution < -0.4 is 9.62 Å². The van der Waals surface area contributed by atoms with E-state index in [1.54, 1.807) is 4.90 Å². The summed E-state index contributed by atoms with van der Waals surface area (Å²) in [5.74, 6) is 0. The van der Waals surface area contributed by atoms with E-state index in [0.717, 1.165) is 22.7 Å². The molecule has 6 nitrogen and oxygen atoms in total. The zero-order valence-corrected chi connectivity index (χ0v) is 19.0. The minimum atomic E-state index is -1.35. The lowest BCUT2D eigenvalue weighted by Crippen LogP contribution is -2.50. The summed E-state index contributed by atoms with van der Waals surface area (Å²) in [4.78, 5) is 17.0. The maximum absolute atomic E-state index is 12.8. The number of nitrogens with zero attached hydrogens (tertiary/aromatic N) is 2. The summed E-state index contributed by atoms with van der Waals surface area (Å²) in [6.07, 6.45) is 0.684. The third kappa shape index (κ3) is 5.75. The van der Waals surface area contributed by atoms with Crippen molar-refractivity contribution in [3.8, 4) is 0 Å². The highest BCUT2D eigenvalue weighted by atomic mass is 32.2. The van der Waals surface area contributed by atoms with Crippen LogP contribution in [0.15, 0.2) is 53.4 Å². The van der Waals surface area contributed by atoms with Crippen molar-refractivity contribution in [1.29, 1.82) is 0 Å². The Balaban J connectivity index is 1.65. The van der Waals surface area contributed by atoms with E-state index in [4.69, 9.17) is 4.74 Å². The standard InChI is InChI=1S/C23H31N3O3S/c1-5-18-10-12-19(13-11-18)30(28)24-20-8-6-7-9-21(20)25-14-16-26(17-15-25)22(27)29-23(2,3)4/h6-13,24H,5,14-17H2,1-4H3. The molecular formula is C23H31N3O3S. The lowest BCUT2D eigenvalue weighted by Gasteiger charge is -2.37. The van der Waals surface area contributed by atoms with Gasteiger partial charge in [-0.25, -0.2) is 9.00 Å². The van der Waals surface area contributed by atoms with Gasteiger partial charge in [0.25, 0.3) is 0 Å². The molecule has 1 amide bonds. The van der Waals surface area contributed by atoms with Crippen LogP contribution in [0.3, 0.4) is 0 Å². The average Bonchev–Trinajstić information content (AvgIpc) is 2.73. The minimum absolute atomic E-state index is 0.273. The third-order valence-corrected chi connectivity index (χ3v) is 6.03. The molecule has 30 heavy (non-hydrogen) atoms. The van der Waals surface area contributed by atoms with Crippen LogP contribution in [-0.4, -0.2) is 47.0 Å². The number of ether oxygens (including phenoxy) is 1. The van der Waals surface area contributed by atoms with Crippen LogP contribution in [0.2, 0.25) is 0 Å². The molecule has 0 aliphatic carbocycles. The predicted octanol–water partition coefficient (Wildman–Crippen LogP) is 4.44. The first-order valence-electron chi connectivity index (χ1n) is 10.4. The van der Waals surface area contributed by atoms with Crippen molar-refractivity contribution in [3.05, 3.63) is 54.1 Å². The topological polar surface area (TPSA) is 61.9 Å². The van der Waals surface area contributed by atoms with Gasteiger partial charge in [0.2, 0.25) is 0 Å². The summed E-state index contributed by atoms with van der Waals surface area (Å²) >= 11 is 0. The van der Waals surface area contributed by atoms with Gasteiger partial charge in [-0.05, 0) is 57.0 Å². The van der Waals surface area contributed by atoms with Gasteiger partial charge >= 0.3 is 6.09 Å². The molecule has 1 aliphatic heterocycles. The first-order chi connectivity index (χ1) is 14.3. The van der Waals surface area contributed by atoms with Crippen LogP contribution in [-0.2, 0) is 22.1 Å². The van der Waals surface area contributed by atoms with Crippen LogP contribution in [0.4, 0.5) is 16.2 Å². The van der Waals surface area contributed by atoms with Crippen molar-refractivity contribution < 1.29 is 13.7 Å². The van der Waals surface area contributed by atoms with Crippen LogP contribution in [0.5, 0.6) is 0 Å². The number of benzene rings is 2. The van der Waals surface area contributed by atoms with E-state index in [0.29, 0.717) is 26.2 Å². The number of aryl methyl sites for hydroxylation is 1. The van der Waals surface area contributed by atoms with Gasteiger partial charge in [-0.2, -0.15) is 0 Å². The fourth-order valence-electron chi connectivity index (χ4n) is 3.30. The molecule has 1 unspecified atom stereocenters. The molecule has 1 heterocycles. The zero-order chi connectivity index (χ0) is 21.7. The summed E-state index contributed by atoms with van der Waals surface area (Å²) in [7, 11) is -1.35. The quantitative estimate of drug-likeness (QED) is 0.763. The Morgan fingerprint density at radius 3 is 2.27 bits per heavy atom. The van der Waals surface area contributed by atoms with Crippen LogP contribution in [0, 0.1) is 0 Å². The Morgan fingerprint density at radius 2 is 1.67 bits per heavy atom. The van der Waals surface area contributed by atoms with E-state index in [-0.39, 0.29) is 6.09 Å². The summed E-state index contributed by atoms with van der Waals surface area (Å²) in [5, 5.41) is 0. The Bertz CT molecular complexity index is 885. The highest BCUT2D eigenvalue weighted by molar-refractivity contribution is 7.86. The smallest absolute Gasteiger partial charge is 0.410 e. The van der Waals surface area contributed by atoms with Crippen molar-refractivity contribution >= 4 is 28.5 Å². The molecule has 0 aromatic heterocycles. The molecule has 2 aromatic carbocycles. The van der Waals surface area contributed by atoms with Crippen LogP contribution >= 0.6 is 0 Å². The minimum Gasteiger partial charge on any atom is -0.444 e. The normalized spacial score (nSPS) is 15.6. The Morgan fingerprint density at radius 1 is 1.03 bits per heavy atom. The number of rotatable bonds is 5. The molecule has 7 heteroatoms. The van der Waals surface area contributed by atoms with Gasteiger partial charge in [0.05, 0.1) is 16.3 Å². The number of amides is 1. The molecule has 0 bridgehead atoms. The lowest BCUT2D eigenvalue weighted by atomic mass is 10.2. The number of carbonyl (C=O) groups excluding carboxylic acids is 1. The van der Waals surface area contributed by atoms with Crippen molar-refractivity contribution in [1.82, 2.24) is 4.90 Å². The Labute approximate surface area is 181 Å². The molecule has 3 rings (SSSR count). The fourth-order valence-corrected chi connectivity index (χ4v) is 4.17. The van der Waals surface area contributed by atoms with E-state index in [2.05, 4.69) is 16.5 Å². The van der Waals surface area contributed by atoms with Crippen molar-refractivity contribution in [2.75, 3.05) is 35.8 Å². The highest BCUT2D eigenvalue weighted by Crippen LogP contribution is 2.28. The molecule has 0 saturated carbocycles. The largest absolute Gasteiger partial charge is 0.444 e. The van der Waals surface area contributed by atoms with Gasteiger partial charge in [0.1, 0.15) is 16.6 Å². The summed E-state index contributed by atoms with van der Waals surface area (Å²) < 4.78 is 21.5. The summed E-state index contributed by atoms with van der Waals surface area (Å²) in [6, 6.07) is 15.7. The van der Waals surface area contributed by atoms with E-state index in [1.807, 2.05) is 69.3 Å². The molecule has 1 aliphatic rings. The van der Waals surface area contributed by atoms with Crippen LogP contribution in [0.25, 0.3) is 0 Å². The van der Waals surface area contributed by atoms with Crippen molar-refractivity contribution in [2.24, 2.45) is 0 Å². The molecule has 1 saturated heterocycles. The van der Waals surface area contributed by atoms with E-state index in [1.165, 1.54) is 5.56 Å². The number of carbonyl (C=O) groups is 1. The van der Waals surface area contributed by atoms with Gasteiger partial charge in [0.15, 0.2) is 0 Å². The number of nitrogens with one attached hydrogen (secondary N) is 1. The van der Waals surface area contributed by atoms with E-state index in [9.17, 15) is 9.00 Å². The maximum Gasteiger partial charge on any atom is 0.410 e. The number of anilines is 2. The molecular weight excluding hydrogens is 398 g/mol. The Kier molecular flexibility index (Phi) is 7.02.